The molecule has 0 atom stereocenters. The molecule has 3 aromatic rings. The van der Waals surface area contributed by atoms with Crippen LogP contribution < -0.4 is 10.6 Å². The fourth-order valence-electron chi connectivity index (χ4n) is 3.63. The minimum atomic E-state index is 0.0339. The minimum absolute atomic E-state index is 0.0339. The van der Waals surface area contributed by atoms with E-state index in [0.29, 0.717) is 31.7 Å². The summed E-state index contributed by atoms with van der Waals surface area (Å²) in [6, 6.07) is 9.52. The summed E-state index contributed by atoms with van der Waals surface area (Å²) in [5.74, 6) is 1.12. The SMILES string of the molecule is Cc1cc(N2CCN(C(=O)c3ccc(-c4nncc(C)c4C)cc3)CC2)nc(N)n1. The minimum Gasteiger partial charge on any atom is -0.368 e. The third-order valence-corrected chi connectivity index (χ3v) is 5.51. The van der Waals surface area contributed by atoms with E-state index in [9.17, 15) is 4.79 Å². The molecule has 0 bridgehead atoms. The number of aryl methyl sites for hydroxylation is 2. The van der Waals surface area contributed by atoms with Crippen LogP contribution in [0.2, 0.25) is 0 Å². The van der Waals surface area contributed by atoms with Gasteiger partial charge >= 0.3 is 0 Å². The molecule has 8 nitrogen and oxygen atoms in total. The molecular formula is C22H25N7O. The number of nitrogen functional groups attached to an aromatic ring is 1. The van der Waals surface area contributed by atoms with Crippen LogP contribution in [0.4, 0.5) is 11.8 Å². The molecule has 0 radical (unpaired) electrons. The van der Waals surface area contributed by atoms with Gasteiger partial charge in [-0.3, -0.25) is 4.79 Å². The van der Waals surface area contributed by atoms with Gasteiger partial charge in [0, 0.05) is 49.1 Å². The fourth-order valence-corrected chi connectivity index (χ4v) is 3.63. The van der Waals surface area contributed by atoms with E-state index in [0.717, 1.165) is 33.9 Å². The average molecular weight is 403 g/mol. The Morgan fingerprint density at radius 1 is 1.00 bits per heavy atom. The zero-order chi connectivity index (χ0) is 21.3. The Labute approximate surface area is 175 Å². The molecule has 0 unspecified atom stereocenters. The number of anilines is 2. The van der Waals surface area contributed by atoms with E-state index in [4.69, 9.17) is 5.73 Å². The first kappa shape index (κ1) is 19.8. The highest BCUT2D eigenvalue weighted by Crippen LogP contribution is 2.23. The molecule has 1 aliphatic rings. The summed E-state index contributed by atoms with van der Waals surface area (Å²) in [5, 5.41) is 8.30. The van der Waals surface area contributed by atoms with Crippen molar-refractivity contribution in [1.29, 1.82) is 0 Å². The summed E-state index contributed by atoms with van der Waals surface area (Å²) in [5.41, 5.74) is 11.3. The molecule has 0 saturated carbocycles. The molecule has 0 spiro atoms. The van der Waals surface area contributed by atoms with Crippen molar-refractivity contribution in [3.8, 4) is 11.3 Å². The molecule has 1 saturated heterocycles. The van der Waals surface area contributed by atoms with E-state index in [-0.39, 0.29) is 11.9 Å². The number of rotatable bonds is 3. The molecule has 2 aromatic heterocycles. The van der Waals surface area contributed by atoms with E-state index in [1.54, 1.807) is 6.20 Å². The molecule has 8 heteroatoms. The number of hydrogen-bond acceptors (Lipinski definition) is 7. The van der Waals surface area contributed by atoms with Crippen molar-refractivity contribution in [2.45, 2.75) is 20.8 Å². The van der Waals surface area contributed by atoms with Gasteiger partial charge in [0.1, 0.15) is 5.82 Å². The molecule has 1 fully saturated rings. The lowest BCUT2D eigenvalue weighted by Crippen LogP contribution is -2.49. The molecule has 4 rings (SSSR count). The highest BCUT2D eigenvalue weighted by Gasteiger charge is 2.23. The van der Waals surface area contributed by atoms with E-state index < -0.39 is 0 Å². The van der Waals surface area contributed by atoms with Crippen molar-refractivity contribution in [2.24, 2.45) is 0 Å². The number of carbonyl (C=O) groups excluding carboxylic acids is 1. The molecule has 154 valence electrons. The van der Waals surface area contributed by atoms with Crippen molar-refractivity contribution in [2.75, 3.05) is 36.8 Å². The standard InChI is InChI=1S/C22H25N7O/c1-14-13-24-27-20(16(14)3)17-4-6-18(7-5-17)21(30)29-10-8-28(9-11-29)19-12-15(2)25-22(23)26-19/h4-7,12-13H,8-11H2,1-3H3,(H2,23,25,26). The van der Waals surface area contributed by atoms with Crippen LogP contribution in [-0.4, -0.2) is 57.2 Å². The van der Waals surface area contributed by atoms with Crippen LogP contribution in [0.5, 0.6) is 0 Å². The first-order valence-electron chi connectivity index (χ1n) is 9.97. The summed E-state index contributed by atoms with van der Waals surface area (Å²) >= 11 is 0. The number of nitrogens with two attached hydrogens (primary N) is 1. The topological polar surface area (TPSA) is 101 Å². The highest BCUT2D eigenvalue weighted by molar-refractivity contribution is 5.94. The zero-order valence-corrected chi connectivity index (χ0v) is 17.5. The van der Waals surface area contributed by atoms with Crippen LogP contribution in [0.15, 0.2) is 36.5 Å². The van der Waals surface area contributed by atoms with Crippen molar-refractivity contribution in [1.82, 2.24) is 25.1 Å². The summed E-state index contributed by atoms with van der Waals surface area (Å²) in [6.07, 6.45) is 1.76. The first-order valence-corrected chi connectivity index (χ1v) is 9.97. The van der Waals surface area contributed by atoms with Gasteiger partial charge in [-0.25, -0.2) is 4.98 Å². The number of aromatic nitrogens is 4. The number of amides is 1. The third kappa shape index (κ3) is 3.94. The van der Waals surface area contributed by atoms with Crippen LogP contribution >= 0.6 is 0 Å². The Bertz CT molecular complexity index is 1050. The van der Waals surface area contributed by atoms with E-state index in [1.807, 2.05) is 56.0 Å². The van der Waals surface area contributed by atoms with E-state index in [2.05, 4.69) is 25.1 Å². The quantitative estimate of drug-likeness (QED) is 0.716. The number of piperazine rings is 1. The van der Waals surface area contributed by atoms with Gasteiger partial charge in [-0.2, -0.15) is 15.2 Å². The van der Waals surface area contributed by atoms with Gasteiger partial charge in [0.2, 0.25) is 5.95 Å². The highest BCUT2D eigenvalue weighted by atomic mass is 16.2. The summed E-state index contributed by atoms with van der Waals surface area (Å²) in [7, 11) is 0. The fraction of sp³-hybridized carbons (Fsp3) is 0.318. The molecule has 0 aliphatic carbocycles. The second kappa shape index (κ2) is 8.06. The van der Waals surface area contributed by atoms with Gasteiger partial charge in [0.25, 0.3) is 5.91 Å². The number of benzene rings is 1. The Balaban J connectivity index is 1.43. The molecule has 3 heterocycles. The van der Waals surface area contributed by atoms with Crippen LogP contribution in [0.3, 0.4) is 0 Å². The van der Waals surface area contributed by atoms with Crippen LogP contribution in [-0.2, 0) is 0 Å². The van der Waals surface area contributed by atoms with Gasteiger partial charge < -0.3 is 15.5 Å². The summed E-state index contributed by atoms with van der Waals surface area (Å²) < 4.78 is 0. The Kier molecular flexibility index (Phi) is 5.31. The Hall–Kier alpha value is -3.55. The third-order valence-electron chi connectivity index (χ3n) is 5.51. The second-order valence-corrected chi connectivity index (χ2v) is 7.58. The maximum absolute atomic E-state index is 13.0. The lowest BCUT2D eigenvalue weighted by Gasteiger charge is -2.35. The largest absolute Gasteiger partial charge is 0.368 e. The number of nitrogens with zero attached hydrogens (tertiary/aromatic N) is 6. The second-order valence-electron chi connectivity index (χ2n) is 7.58. The smallest absolute Gasteiger partial charge is 0.253 e. The van der Waals surface area contributed by atoms with Gasteiger partial charge in [-0.05, 0) is 44.0 Å². The monoisotopic (exact) mass is 403 g/mol. The maximum Gasteiger partial charge on any atom is 0.253 e. The van der Waals surface area contributed by atoms with E-state index in [1.165, 1.54) is 0 Å². The molecule has 2 N–H and O–H groups in total. The summed E-state index contributed by atoms with van der Waals surface area (Å²) in [6.45, 7) is 8.62. The first-order chi connectivity index (χ1) is 14.4. The van der Waals surface area contributed by atoms with Gasteiger partial charge in [0.05, 0.1) is 11.9 Å². The van der Waals surface area contributed by atoms with Crippen LogP contribution in [0, 0.1) is 20.8 Å². The molecule has 1 aliphatic heterocycles. The predicted octanol–water partition coefficient (Wildman–Crippen LogP) is 2.40. The molecule has 1 aromatic carbocycles. The lowest BCUT2D eigenvalue weighted by atomic mass is 10.0. The molecule has 30 heavy (non-hydrogen) atoms. The Morgan fingerprint density at radius 2 is 1.70 bits per heavy atom. The molecular weight excluding hydrogens is 378 g/mol. The molecule has 1 amide bonds. The predicted molar refractivity (Wildman–Crippen MR) is 116 cm³/mol. The van der Waals surface area contributed by atoms with Gasteiger partial charge in [-0.15, -0.1) is 0 Å². The number of carbonyl (C=O) groups is 1. The normalized spacial score (nSPS) is 14.1. The van der Waals surface area contributed by atoms with Crippen LogP contribution in [0.1, 0.15) is 27.2 Å². The van der Waals surface area contributed by atoms with E-state index >= 15 is 0 Å². The van der Waals surface area contributed by atoms with Crippen molar-refractivity contribution >= 4 is 17.7 Å². The lowest BCUT2D eigenvalue weighted by molar-refractivity contribution is 0.0746. The van der Waals surface area contributed by atoms with Gasteiger partial charge in [-0.1, -0.05) is 12.1 Å². The number of hydrogen-bond donors (Lipinski definition) is 1. The average Bonchev–Trinajstić information content (AvgIpc) is 2.75. The maximum atomic E-state index is 13.0. The zero-order valence-electron chi connectivity index (χ0n) is 17.5. The Morgan fingerprint density at radius 3 is 2.37 bits per heavy atom. The van der Waals surface area contributed by atoms with Crippen molar-refractivity contribution in [3.63, 3.8) is 0 Å². The van der Waals surface area contributed by atoms with Crippen molar-refractivity contribution in [3.05, 3.63) is 58.9 Å². The van der Waals surface area contributed by atoms with Gasteiger partial charge in [0.15, 0.2) is 0 Å². The van der Waals surface area contributed by atoms with Crippen molar-refractivity contribution < 1.29 is 4.79 Å². The van der Waals surface area contributed by atoms with Crippen LogP contribution in [0.25, 0.3) is 11.3 Å². The summed E-state index contributed by atoms with van der Waals surface area (Å²) in [4.78, 5) is 25.4.